The number of likely N-dealkylation sites (tertiary alicyclic amines) is 1. The predicted molar refractivity (Wildman–Crippen MR) is 94.6 cm³/mol. The maximum absolute atomic E-state index is 5.86. The van der Waals surface area contributed by atoms with Crippen LogP contribution in [0.25, 0.3) is 11.5 Å². The first-order valence-electron chi connectivity index (χ1n) is 8.12. The van der Waals surface area contributed by atoms with Gasteiger partial charge in [-0.1, -0.05) is 15.9 Å². The van der Waals surface area contributed by atoms with Crippen molar-refractivity contribution in [1.82, 2.24) is 9.88 Å². The van der Waals surface area contributed by atoms with E-state index < -0.39 is 0 Å². The summed E-state index contributed by atoms with van der Waals surface area (Å²) >= 11 is 3.45. The lowest BCUT2D eigenvalue weighted by Crippen LogP contribution is -2.34. The Balaban J connectivity index is 1.66. The first-order chi connectivity index (χ1) is 11.2. The van der Waals surface area contributed by atoms with Crippen LogP contribution in [0.3, 0.4) is 0 Å². The van der Waals surface area contributed by atoms with E-state index in [-0.39, 0.29) is 0 Å². The maximum atomic E-state index is 5.86. The fraction of sp³-hybridized carbons (Fsp3) is 0.500. The Morgan fingerprint density at radius 3 is 2.87 bits per heavy atom. The third-order valence-electron chi connectivity index (χ3n) is 4.48. The van der Waals surface area contributed by atoms with E-state index in [2.05, 4.69) is 20.8 Å². The van der Waals surface area contributed by atoms with Gasteiger partial charge in [0.25, 0.3) is 0 Å². The monoisotopic (exact) mass is 378 g/mol. The highest BCUT2D eigenvalue weighted by Gasteiger charge is 2.24. The molecule has 1 aromatic carbocycles. The zero-order valence-corrected chi connectivity index (χ0v) is 15.3. The van der Waals surface area contributed by atoms with Gasteiger partial charge >= 0.3 is 0 Å². The third-order valence-corrected chi connectivity index (χ3v) is 5.01. The molecule has 2 heterocycles. The zero-order chi connectivity index (χ0) is 16.2. The number of aromatic nitrogens is 1. The minimum atomic E-state index is 0.554. The number of ether oxygens (including phenoxy) is 1. The van der Waals surface area contributed by atoms with Gasteiger partial charge in [0.05, 0.1) is 12.3 Å². The standard InChI is InChI=1S/C18H23BrN2O2/c1-13-17(9-11-21-10-3-4-16(21)12-22-2)20-18(23-13)14-5-7-15(19)8-6-14/h5-8,16H,3-4,9-12H2,1-2H3/t16-/m0/s1. The Morgan fingerprint density at radius 1 is 1.35 bits per heavy atom. The number of methoxy groups -OCH3 is 1. The molecule has 0 bridgehead atoms. The number of aryl methyl sites for hydroxylation is 1. The molecule has 1 atom stereocenters. The molecule has 0 amide bonds. The molecule has 0 N–H and O–H groups in total. The summed E-state index contributed by atoms with van der Waals surface area (Å²) < 4.78 is 12.2. The lowest BCUT2D eigenvalue weighted by Gasteiger charge is -2.23. The number of halogens is 1. The Labute approximate surface area is 146 Å². The second-order valence-corrected chi connectivity index (χ2v) is 6.98. The topological polar surface area (TPSA) is 38.5 Å². The summed E-state index contributed by atoms with van der Waals surface area (Å²) in [5, 5.41) is 0. The molecule has 0 aliphatic carbocycles. The first kappa shape index (κ1) is 16.7. The van der Waals surface area contributed by atoms with Gasteiger partial charge in [-0.25, -0.2) is 4.98 Å². The van der Waals surface area contributed by atoms with Crippen molar-refractivity contribution in [2.75, 3.05) is 26.8 Å². The molecule has 0 spiro atoms. The quantitative estimate of drug-likeness (QED) is 0.759. The number of hydrogen-bond acceptors (Lipinski definition) is 4. The van der Waals surface area contributed by atoms with Crippen LogP contribution in [-0.2, 0) is 11.2 Å². The molecule has 5 heteroatoms. The lowest BCUT2D eigenvalue weighted by molar-refractivity contribution is 0.116. The summed E-state index contributed by atoms with van der Waals surface area (Å²) in [6.07, 6.45) is 3.41. The molecular formula is C18H23BrN2O2. The van der Waals surface area contributed by atoms with Crippen molar-refractivity contribution in [3.8, 4) is 11.5 Å². The van der Waals surface area contributed by atoms with Crippen molar-refractivity contribution in [1.29, 1.82) is 0 Å². The molecule has 1 saturated heterocycles. The first-order valence-corrected chi connectivity index (χ1v) is 8.92. The van der Waals surface area contributed by atoms with Gasteiger partial charge in [0.2, 0.25) is 5.89 Å². The summed E-state index contributed by atoms with van der Waals surface area (Å²) in [6.45, 7) is 4.99. The summed E-state index contributed by atoms with van der Waals surface area (Å²) in [5.41, 5.74) is 2.08. The molecule has 2 aromatic rings. The van der Waals surface area contributed by atoms with Gasteiger partial charge in [0, 0.05) is 36.2 Å². The highest BCUT2D eigenvalue weighted by molar-refractivity contribution is 9.10. The van der Waals surface area contributed by atoms with Gasteiger partial charge in [-0.15, -0.1) is 0 Å². The Morgan fingerprint density at radius 2 is 2.13 bits per heavy atom. The Hall–Kier alpha value is -1.17. The van der Waals surface area contributed by atoms with Crippen molar-refractivity contribution in [3.05, 3.63) is 40.2 Å². The van der Waals surface area contributed by atoms with Gasteiger partial charge in [-0.2, -0.15) is 0 Å². The highest BCUT2D eigenvalue weighted by atomic mass is 79.9. The molecule has 0 unspecified atom stereocenters. The minimum absolute atomic E-state index is 0.554. The number of benzene rings is 1. The average molecular weight is 379 g/mol. The van der Waals surface area contributed by atoms with Crippen LogP contribution in [-0.4, -0.2) is 42.7 Å². The molecule has 1 aromatic heterocycles. The largest absolute Gasteiger partial charge is 0.441 e. The minimum Gasteiger partial charge on any atom is -0.441 e. The molecule has 0 saturated carbocycles. The van der Waals surface area contributed by atoms with Crippen molar-refractivity contribution in [3.63, 3.8) is 0 Å². The van der Waals surface area contributed by atoms with Gasteiger partial charge in [0.1, 0.15) is 5.76 Å². The van der Waals surface area contributed by atoms with Crippen LogP contribution in [0.1, 0.15) is 24.3 Å². The number of hydrogen-bond donors (Lipinski definition) is 0. The summed E-state index contributed by atoms with van der Waals surface area (Å²) in [7, 11) is 1.78. The highest BCUT2D eigenvalue weighted by Crippen LogP contribution is 2.24. The second-order valence-electron chi connectivity index (χ2n) is 6.07. The SMILES string of the molecule is COC[C@@H]1CCCN1CCc1nc(-c2ccc(Br)cc2)oc1C. The van der Waals surface area contributed by atoms with Crippen LogP contribution in [0.5, 0.6) is 0 Å². The van der Waals surface area contributed by atoms with Crippen molar-refractivity contribution >= 4 is 15.9 Å². The van der Waals surface area contributed by atoms with E-state index in [4.69, 9.17) is 14.1 Å². The Bertz CT molecular complexity index is 639. The van der Waals surface area contributed by atoms with E-state index in [9.17, 15) is 0 Å². The van der Waals surface area contributed by atoms with E-state index in [1.807, 2.05) is 31.2 Å². The average Bonchev–Trinajstić information content (AvgIpc) is 3.13. The fourth-order valence-electron chi connectivity index (χ4n) is 3.20. The van der Waals surface area contributed by atoms with Crippen molar-refractivity contribution in [2.45, 2.75) is 32.2 Å². The van der Waals surface area contributed by atoms with Crippen LogP contribution in [0, 0.1) is 6.92 Å². The van der Waals surface area contributed by atoms with E-state index >= 15 is 0 Å². The normalized spacial score (nSPS) is 18.7. The predicted octanol–water partition coefficient (Wildman–Crippen LogP) is 4.07. The molecule has 124 valence electrons. The van der Waals surface area contributed by atoms with Gasteiger partial charge < -0.3 is 9.15 Å². The lowest BCUT2D eigenvalue weighted by atomic mass is 10.2. The summed E-state index contributed by atoms with van der Waals surface area (Å²) in [4.78, 5) is 7.21. The van der Waals surface area contributed by atoms with Crippen LogP contribution in [0.4, 0.5) is 0 Å². The van der Waals surface area contributed by atoms with Crippen molar-refractivity contribution in [2.24, 2.45) is 0 Å². The molecule has 4 nitrogen and oxygen atoms in total. The molecule has 1 fully saturated rings. The summed E-state index contributed by atoms with van der Waals surface area (Å²) in [6, 6.07) is 8.61. The number of oxazole rings is 1. The molecule has 0 radical (unpaired) electrons. The van der Waals surface area contributed by atoms with Crippen LogP contribution in [0.15, 0.2) is 33.2 Å². The zero-order valence-electron chi connectivity index (χ0n) is 13.7. The maximum Gasteiger partial charge on any atom is 0.226 e. The number of rotatable bonds is 6. The van der Waals surface area contributed by atoms with E-state index in [0.717, 1.165) is 47.6 Å². The summed E-state index contributed by atoms with van der Waals surface area (Å²) in [5.74, 6) is 1.63. The molecular weight excluding hydrogens is 356 g/mol. The van der Waals surface area contributed by atoms with E-state index in [1.54, 1.807) is 7.11 Å². The fourth-order valence-corrected chi connectivity index (χ4v) is 3.46. The van der Waals surface area contributed by atoms with Gasteiger partial charge in [-0.05, 0) is 50.6 Å². The van der Waals surface area contributed by atoms with Crippen LogP contribution >= 0.6 is 15.9 Å². The molecule has 1 aliphatic heterocycles. The van der Waals surface area contributed by atoms with Crippen LogP contribution < -0.4 is 0 Å². The van der Waals surface area contributed by atoms with Gasteiger partial charge in [0.15, 0.2) is 0 Å². The van der Waals surface area contributed by atoms with E-state index in [0.29, 0.717) is 11.9 Å². The Kier molecular flexibility index (Phi) is 5.51. The number of nitrogens with zero attached hydrogens (tertiary/aromatic N) is 2. The molecule has 23 heavy (non-hydrogen) atoms. The molecule has 1 aliphatic rings. The van der Waals surface area contributed by atoms with E-state index in [1.165, 1.54) is 12.8 Å². The smallest absolute Gasteiger partial charge is 0.226 e. The second kappa shape index (κ2) is 7.60. The molecule has 3 rings (SSSR count). The third kappa shape index (κ3) is 4.03. The van der Waals surface area contributed by atoms with Gasteiger partial charge in [-0.3, -0.25) is 4.90 Å². The van der Waals surface area contributed by atoms with Crippen LogP contribution in [0.2, 0.25) is 0 Å². The van der Waals surface area contributed by atoms with Crippen molar-refractivity contribution < 1.29 is 9.15 Å².